The number of nitrogens with one attached hydrogen (secondary N) is 2. The molecule has 0 bridgehead atoms. The van der Waals surface area contributed by atoms with E-state index in [2.05, 4.69) is 15.7 Å². The third-order valence-corrected chi connectivity index (χ3v) is 3.05. The maximum absolute atomic E-state index is 11.5. The van der Waals surface area contributed by atoms with Gasteiger partial charge in [-0.2, -0.15) is 5.10 Å². The number of aromatic nitrogens is 2. The molecule has 7 nitrogen and oxygen atoms in total. The lowest BCUT2D eigenvalue weighted by atomic mass is 10.1. The highest BCUT2D eigenvalue weighted by Crippen LogP contribution is 2.06. The number of hydrogen-bond donors (Lipinski definition) is 3. The van der Waals surface area contributed by atoms with Crippen LogP contribution in [0.5, 0.6) is 0 Å². The molecular weight excluding hydrogens is 282 g/mol. The van der Waals surface area contributed by atoms with Crippen molar-refractivity contribution in [3.05, 3.63) is 53.9 Å². The first-order chi connectivity index (χ1) is 10.7. The van der Waals surface area contributed by atoms with E-state index >= 15 is 0 Å². The van der Waals surface area contributed by atoms with Crippen LogP contribution in [-0.4, -0.2) is 34.7 Å². The predicted octanol–water partition coefficient (Wildman–Crippen LogP) is -0.377. The van der Waals surface area contributed by atoms with E-state index in [9.17, 15) is 9.59 Å². The average molecular weight is 301 g/mol. The Morgan fingerprint density at radius 2 is 1.82 bits per heavy atom. The second kappa shape index (κ2) is 7.94. The van der Waals surface area contributed by atoms with Crippen molar-refractivity contribution in [2.45, 2.75) is 13.1 Å². The zero-order valence-electron chi connectivity index (χ0n) is 12.2. The average Bonchev–Trinajstić information content (AvgIpc) is 3.04. The molecule has 0 aliphatic carbocycles. The normalized spacial score (nSPS) is 10.2. The second-order valence-electron chi connectivity index (χ2n) is 4.78. The topological polar surface area (TPSA) is 102 Å². The lowest BCUT2D eigenvalue weighted by molar-refractivity contribution is -0.125. The van der Waals surface area contributed by atoms with Crippen LogP contribution >= 0.6 is 0 Å². The summed E-state index contributed by atoms with van der Waals surface area (Å²) < 4.78 is 1.84. The fourth-order valence-electron chi connectivity index (χ4n) is 1.86. The zero-order chi connectivity index (χ0) is 15.8. The minimum Gasteiger partial charge on any atom is -0.350 e. The van der Waals surface area contributed by atoms with E-state index in [4.69, 9.17) is 5.73 Å². The number of rotatable bonds is 7. The van der Waals surface area contributed by atoms with Crippen molar-refractivity contribution in [3.63, 3.8) is 0 Å². The molecule has 2 aromatic rings. The molecule has 0 aliphatic rings. The van der Waals surface area contributed by atoms with Gasteiger partial charge in [0.05, 0.1) is 19.6 Å². The first-order valence-electron chi connectivity index (χ1n) is 6.96. The van der Waals surface area contributed by atoms with Crippen molar-refractivity contribution in [2.75, 3.05) is 13.1 Å². The molecule has 0 fully saturated rings. The molecule has 1 heterocycles. The highest BCUT2D eigenvalue weighted by Gasteiger charge is 2.04. The molecular formula is C15H19N5O2. The lowest BCUT2D eigenvalue weighted by Gasteiger charge is -2.07. The number of amides is 2. The van der Waals surface area contributed by atoms with Crippen LogP contribution in [-0.2, 0) is 22.7 Å². The third kappa shape index (κ3) is 5.02. The summed E-state index contributed by atoms with van der Waals surface area (Å²) in [5.41, 5.74) is 7.26. The molecule has 1 aromatic heterocycles. The Labute approximate surface area is 128 Å². The number of benzene rings is 1. The summed E-state index contributed by atoms with van der Waals surface area (Å²) in [7, 11) is 0. The first-order valence-corrected chi connectivity index (χ1v) is 6.96. The number of nitrogens with zero attached hydrogens (tertiary/aromatic N) is 2. The van der Waals surface area contributed by atoms with E-state index in [1.807, 2.05) is 41.2 Å². The SMILES string of the molecule is NCC(=O)NCC(=O)NCc1ccc(Cn2cccn2)cc1. The van der Waals surface area contributed by atoms with Crippen LogP contribution in [0.4, 0.5) is 0 Å². The van der Waals surface area contributed by atoms with E-state index in [0.717, 1.165) is 11.1 Å². The molecule has 0 aliphatic heterocycles. The molecule has 0 radical (unpaired) electrons. The summed E-state index contributed by atoms with van der Waals surface area (Å²) in [5, 5.41) is 9.30. The highest BCUT2D eigenvalue weighted by atomic mass is 16.2. The Kier molecular flexibility index (Phi) is 5.67. The van der Waals surface area contributed by atoms with Crippen LogP contribution in [0.2, 0.25) is 0 Å². The molecule has 116 valence electrons. The van der Waals surface area contributed by atoms with E-state index in [-0.39, 0.29) is 24.9 Å². The van der Waals surface area contributed by atoms with E-state index in [0.29, 0.717) is 13.1 Å². The van der Waals surface area contributed by atoms with E-state index in [1.54, 1.807) is 6.20 Å². The summed E-state index contributed by atoms with van der Waals surface area (Å²) in [6.45, 7) is 0.947. The van der Waals surface area contributed by atoms with Crippen molar-refractivity contribution in [2.24, 2.45) is 5.73 Å². The van der Waals surface area contributed by atoms with Crippen LogP contribution < -0.4 is 16.4 Å². The first kappa shape index (κ1) is 15.7. The van der Waals surface area contributed by atoms with Gasteiger partial charge in [0, 0.05) is 18.9 Å². The van der Waals surface area contributed by atoms with Gasteiger partial charge in [-0.25, -0.2) is 0 Å². The zero-order valence-corrected chi connectivity index (χ0v) is 12.2. The summed E-state index contributed by atoms with van der Waals surface area (Å²) >= 11 is 0. The van der Waals surface area contributed by atoms with Crippen LogP contribution in [0.15, 0.2) is 42.7 Å². The highest BCUT2D eigenvalue weighted by molar-refractivity contribution is 5.85. The molecule has 0 unspecified atom stereocenters. The standard InChI is InChI=1S/C15H19N5O2/c16-8-14(21)18-10-15(22)17-9-12-2-4-13(5-3-12)11-20-7-1-6-19-20/h1-7H,8-11,16H2,(H,17,22)(H,18,21). The molecule has 2 rings (SSSR count). The van der Waals surface area contributed by atoms with Crippen molar-refractivity contribution in [1.29, 1.82) is 0 Å². The third-order valence-electron chi connectivity index (χ3n) is 3.05. The summed E-state index contributed by atoms with van der Waals surface area (Å²) in [5.74, 6) is -0.597. The van der Waals surface area contributed by atoms with Crippen molar-refractivity contribution < 1.29 is 9.59 Å². The summed E-state index contributed by atoms with van der Waals surface area (Å²) in [4.78, 5) is 22.5. The monoisotopic (exact) mass is 301 g/mol. The number of carbonyl (C=O) groups excluding carboxylic acids is 2. The van der Waals surface area contributed by atoms with Gasteiger partial charge in [0.1, 0.15) is 0 Å². The maximum Gasteiger partial charge on any atom is 0.239 e. The number of nitrogens with two attached hydrogens (primary N) is 1. The second-order valence-corrected chi connectivity index (χ2v) is 4.78. The molecule has 1 aromatic carbocycles. The predicted molar refractivity (Wildman–Crippen MR) is 81.7 cm³/mol. The fourth-order valence-corrected chi connectivity index (χ4v) is 1.86. The molecule has 0 saturated carbocycles. The van der Waals surface area contributed by atoms with Gasteiger partial charge in [0.25, 0.3) is 0 Å². The molecule has 0 saturated heterocycles. The lowest BCUT2D eigenvalue weighted by Crippen LogP contribution is -2.39. The van der Waals surface area contributed by atoms with Crippen LogP contribution in [0.1, 0.15) is 11.1 Å². The smallest absolute Gasteiger partial charge is 0.239 e. The Morgan fingerprint density at radius 3 is 2.45 bits per heavy atom. The molecule has 0 atom stereocenters. The van der Waals surface area contributed by atoms with Gasteiger partial charge < -0.3 is 16.4 Å². The Hall–Kier alpha value is -2.67. The van der Waals surface area contributed by atoms with Gasteiger partial charge in [-0.1, -0.05) is 24.3 Å². The minimum absolute atomic E-state index is 0.0621. The molecule has 0 spiro atoms. The fraction of sp³-hybridized carbons (Fsp3) is 0.267. The summed E-state index contributed by atoms with van der Waals surface area (Å²) in [6.07, 6.45) is 3.65. The Bertz CT molecular complexity index is 607. The van der Waals surface area contributed by atoms with E-state index < -0.39 is 0 Å². The van der Waals surface area contributed by atoms with Gasteiger partial charge in [-0.3, -0.25) is 14.3 Å². The van der Waals surface area contributed by atoms with Crippen molar-refractivity contribution in [1.82, 2.24) is 20.4 Å². The molecule has 4 N–H and O–H groups in total. The van der Waals surface area contributed by atoms with Crippen LogP contribution in [0, 0.1) is 0 Å². The Balaban J connectivity index is 1.76. The van der Waals surface area contributed by atoms with Gasteiger partial charge >= 0.3 is 0 Å². The quantitative estimate of drug-likeness (QED) is 0.649. The molecule has 2 amide bonds. The minimum atomic E-state index is -0.349. The van der Waals surface area contributed by atoms with Crippen molar-refractivity contribution >= 4 is 11.8 Å². The van der Waals surface area contributed by atoms with Gasteiger partial charge in [-0.15, -0.1) is 0 Å². The molecule has 22 heavy (non-hydrogen) atoms. The van der Waals surface area contributed by atoms with E-state index in [1.165, 1.54) is 0 Å². The largest absolute Gasteiger partial charge is 0.350 e. The number of carbonyl (C=O) groups is 2. The Morgan fingerprint density at radius 1 is 1.09 bits per heavy atom. The summed E-state index contributed by atoms with van der Waals surface area (Å²) in [6, 6.07) is 9.79. The van der Waals surface area contributed by atoms with Crippen LogP contribution in [0.3, 0.4) is 0 Å². The van der Waals surface area contributed by atoms with Crippen molar-refractivity contribution in [3.8, 4) is 0 Å². The van der Waals surface area contributed by atoms with Gasteiger partial charge in [0.15, 0.2) is 0 Å². The van der Waals surface area contributed by atoms with Gasteiger partial charge in [0.2, 0.25) is 11.8 Å². The number of hydrogen-bond acceptors (Lipinski definition) is 4. The van der Waals surface area contributed by atoms with Crippen LogP contribution in [0.25, 0.3) is 0 Å². The van der Waals surface area contributed by atoms with Gasteiger partial charge in [-0.05, 0) is 17.2 Å². The maximum atomic E-state index is 11.5. The molecule has 7 heteroatoms.